The number of primary amides is 1. The van der Waals surface area contributed by atoms with Crippen molar-refractivity contribution in [1.82, 2.24) is 9.78 Å². The molecule has 1 fully saturated rings. The predicted molar refractivity (Wildman–Crippen MR) is 118 cm³/mol. The molecule has 0 radical (unpaired) electrons. The molecule has 1 aliphatic carbocycles. The minimum Gasteiger partial charge on any atom is -0.494 e. The minimum atomic E-state index is -4.71. The normalized spacial score (nSPS) is 23.6. The van der Waals surface area contributed by atoms with Crippen LogP contribution in [0.5, 0.6) is 5.75 Å². The Morgan fingerprint density at radius 1 is 1.27 bits per heavy atom. The topological polar surface area (TPSA) is 93.6 Å². The molecule has 1 amide bonds. The number of carbonyl (C=O) groups is 1. The molecule has 33 heavy (non-hydrogen) atoms. The first kappa shape index (κ1) is 23.2. The number of aryl methyl sites for hydroxylation is 1. The number of amides is 1. The highest BCUT2D eigenvalue weighted by atomic mass is 19.4. The first-order valence-corrected chi connectivity index (χ1v) is 10.9. The summed E-state index contributed by atoms with van der Waals surface area (Å²) in [7, 11) is 1.36. The number of carbonyl (C=O) groups excluding carboxylic acids is 1. The average molecular weight is 464 g/mol. The van der Waals surface area contributed by atoms with Gasteiger partial charge in [0.05, 0.1) is 24.4 Å². The van der Waals surface area contributed by atoms with Gasteiger partial charge in [0, 0.05) is 23.8 Å². The van der Waals surface area contributed by atoms with Crippen LogP contribution in [0.3, 0.4) is 0 Å². The van der Waals surface area contributed by atoms with E-state index in [1.54, 1.807) is 12.1 Å². The zero-order valence-electron chi connectivity index (χ0n) is 18.5. The summed E-state index contributed by atoms with van der Waals surface area (Å²) in [5.41, 5.74) is 5.96. The molecule has 0 spiro atoms. The molecule has 1 aromatic heterocycles. The summed E-state index contributed by atoms with van der Waals surface area (Å²) < 4.78 is 49.0. The molecular weight excluding hydrogens is 437 g/mol. The molecule has 0 saturated heterocycles. The van der Waals surface area contributed by atoms with Gasteiger partial charge in [-0.25, -0.2) is 0 Å². The SMILES string of the molecule is COc1cc2nn(C3CCC(CO)CC3)c(C)c2cc1N1C(C(F)(F)F)=CC=CC1C(N)=O. The number of benzene rings is 1. The number of fused-ring (bicyclic) bond motifs is 1. The Morgan fingerprint density at radius 3 is 2.55 bits per heavy atom. The van der Waals surface area contributed by atoms with Crippen molar-refractivity contribution in [3.63, 3.8) is 0 Å². The molecule has 2 aliphatic rings. The molecule has 1 unspecified atom stereocenters. The van der Waals surface area contributed by atoms with Crippen molar-refractivity contribution in [2.24, 2.45) is 11.7 Å². The number of halogens is 3. The van der Waals surface area contributed by atoms with E-state index in [0.29, 0.717) is 16.8 Å². The monoisotopic (exact) mass is 464 g/mol. The van der Waals surface area contributed by atoms with Crippen LogP contribution >= 0.6 is 0 Å². The maximum Gasteiger partial charge on any atom is 0.431 e. The van der Waals surface area contributed by atoms with Crippen LogP contribution in [0.4, 0.5) is 18.9 Å². The van der Waals surface area contributed by atoms with E-state index in [-0.39, 0.29) is 24.1 Å². The summed E-state index contributed by atoms with van der Waals surface area (Å²) in [4.78, 5) is 12.9. The quantitative estimate of drug-likeness (QED) is 0.703. The fourth-order valence-corrected chi connectivity index (χ4v) is 4.82. The average Bonchev–Trinajstić information content (AvgIpc) is 3.12. The van der Waals surface area contributed by atoms with Gasteiger partial charge in [0.15, 0.2) is 0 Å². The van der Waals surface area contributed by atoms with Gasteiger partial charge in [-0.15, -0.1) is 0 Å². The van der Waals surface area contributed by atoms with E-state index >= 15 is 0 Å². The molecule has 178 valence electrons. The third-order valence-electron chi connectivity index (χ3n) is 6.59. The summed E-state index contributed by atoms with van der Waals surface area (Å²) in [6, 6.07) is 2.01. The minimum absolute atomic E-state index is 0.0911. The van der Waals surface area contributed by atoms with Crippen LogP contribution in [-0.4, -0.2) is 46.7 Å². The van der Waals surface area contributed by atoms with Crippen LogP contribution in [0.15, 0.2) is 36.1 Å². The Balaban J connectivity index is 1.82. The number of nitrogens with zero attached hydrogens (tertiary/aromatic N) is 3. The molecule has 7 nitrogen and oxygen atoms in total. The van der Waals surface area contributed by atoms with E-state index in [9.17, 15) is 23.1 Å². The highest BCUT2D eigenvalue weighted by molar-refractivity contribution is 5.93. The van der Waals surface area contributed by atoms with Crippen LogP contribution in [0.2, 0.25) is 0 Å². The third kappa shape index (κ3) is 4.19. The van der Waals surface area contributed by atoms with E-state index in [0.717, 1.165) is 42.4 Å². The molecule has 3 N–H and O–H groups in total. The number of anilines is 1. The van der Waals surface area contributed by atoms with E-state index in [1.807, 2.05) is 11.6 Å². The van der Waals surface area contributed by atoms with Crippen molar-refractivity contribution in [2.75, 3.05) is 18.6 Å². The van der Waals surface area contributed by atoms with Crippen LogP contribution in [0, 0.1) is 12.8 Å². The molecule has 1 atom stereocenters. The van der Waals surface area contributed by atoms with Crippen molar-refractivity contribution >= 4 is 22.5 Å². The number of aliphatic hydroxyl groups is 1. The number of methoxy groups -OCH3 is 1. The number of aliphatic hydroxyl groups excluding tert-OH is 1. The Bertz CT molecular complexity index is 1110. The summed E-state index contributed by atoms with van der Waals surface area (Å²) in [5.74, 6) is -0.451. The highest BCUT2D eigenvalue weighted by Crippen LogP contribution is 2.43. The molecule has 0 bridgehead atoms. The Kier molecular flexibility index (Phi) is 6.13. The van der Waals surface area contributed by atoms with E-state index in [4.69, 9.17) is 15.6 Å². The van der Waals surface area contributed by atoms with Gasteiger partial charge in [-0.2, -0.15) is 18.3 Å². The fraction of sp³-hybridized carbons (Fsp3) is 0.478. The van der Waals surface area contributed by atoms with Gasteiger partial charge < -0.3 is 20.5 Å². The van der Waals surface area contributed by atoms with Gasteiger partial charge in [-0.05, 0) is 50.7 Å². The van der Waals surface area contributed by atoms with Crippen LogP contribution < -0.4 is 15.4 Å². The molecule has 2 heterocycles. The molecule has 2 aromatic rings. The lowest BCUT2D eigenvalue weighted by Crippen LogP contribution is -2.47. The number of alkyl halides is 3. The smallest absolute Gasteiger partial charge is 0.431 e. The number of allylic oxidation sites excluding steroid dienone is 3. The van der Waals surface area contributed by atoms with Gasteiger partial charge in [0.2, 0.25) is 5.91 Å². The molecule has 1 saturated carbocycles. The van der Waals surface area contributed by atoms with Crippen LogP contribution in [0.25, 0.3) is 10.9 Å². The van der Waals surface area contributed by atoms with Crippen molar-refractivity contribution < 1.29 is 27.8 Å². The van der Waals surface area contributed by atoms with Gasteiger partial charge in [0.25, 0.3) is 0 Å². The van der Waals surface area contributed by atoms with Crippen molar-refractivity contribution in [1.29, 1.82) is 0 Å². The van der Waals surface area contributed by atoms with E-state index < -0.39 is 23.8 Å². The molecular formula is C23H27F3N4O3. The van der Waals surface area contributed by atoms with E-state index in [2.05, 4.69) is 0 Å². The maximum atomic E-state index is 13.9. The van der Waals surface area contributed by atoms with Crippen molar-refractivity contribution in [3.05, 3.63) is 41.8 Å². The van der Waals surface area contributed by atoms with E-state index in [1.165, 1.54) is 19.3 Å². The second-order valence-corrected chi connectivity index (χ2v) is 8.58. The van der Waals surface area contributed by atoms with Crippen molar-refractivity contribution in [2.45, 2.75) is 50.9 Å². The first-order valence-electron chi connectivity index (χ1n) is 10.9. The first-order chi connectivity index (χ1) is 15.7. The second kappa shape index (κ2) is 8.74. The lowest BCUT2D eigenvalue weighted by Gasteiger charge is -2.35. The summed E-state index contributed by atoms with van der Waals surface area (Å²) in [5, 5.41) is 14.8. The second-order valence-electron chi connectivity index (χ2n) is 8.58. The molecule has 10 heteroatoms. The Labute approximate surface area is 189 Å². The van der Waals surface area contributed by atoms with Crippen LogP contribution in [-0.2, 0) is 4.79 Å². The number of aromatic nitrogens is 2. The van der Waals surface area contributed by atoms with Crippen molar-refractivity contribution in [3.8, 4) is 5.75 Å². The lowest BCUT2D eigenvalue weighted by atomic mass is 9.86. The predicted octanol–water partition coefficient (Wildman–Crippen LogP) is 3.75. The fourth-order valence-electron chi connectivity index (χ4n) is 4.82. The van der Waals surface area contributed by atoms with Crippen LogP contribution in [0.1, 0.15) is 37.4 Å². The zero-order valence-corrected chi connectivity index (χ0v) is 18.5. The number of hydrogen-bond acceptors (Lipinski definition) is 5. The van der Waals surface area contributed by atoms with Gasteiger partial charge in [-0.1, -0.05) is 12.2 Å². The Hall–Kier alpha value is -3.01. The number of ether oxygens (including phenoxy) is 1. The number of hydrogen-bond donors (Lipinski definition) is 2. The molecule has 1 aliphatic heterocycles. The summed E-state index contributed by atoms with van der Waals surface area (Å²) in [6.07, 6.45) is 2.25. The summed E-state index contributed by atoms with van der Waals surface area (Å²) >= 11 is 0. The lowest BCUT2D eigenvalue weighted by molar-refractivity contribution is -0.119. The molecule has 4 rings (SSSR count). The number of nitrogens with two attached hydrogens (primary N) is 1. The highest BCUT2D eigenvalue weighted by Gasteiger charge is 2.43. The van der Waals surface area contributed by atoms with Gasteiger partial charge in [-0.3, -0.25) is 9.48 Å². The third-order valence-corrected chi connectivity index (χ3v) is 6.59. The summed E-state index contributed by atoms with van der Waals surface area (Å²) in [6.45, 7) is 2.06. The standard InChI is InChI=1S/C23H27F3N4O3/c1-13-16-10-19(29-18(22(27)32)4-3-5-21(29)23(24,25)26)20(33-2)11-17(16)28-30(13)15-8-6-14(12-31)7-9-15/h3-5,10-11,14-15,18,31H,6-9,12H2,1-2H3,(H2,27,32). The zero-order chi connectivity index (χ0) is 23.9. The van der Waals surface area contributed by atoms with Gasteiger partial charge >= 0.3 is 6.18 Å². The Morgan fingerprint density at radius 2 is 1.97 bits per heavy atom. The maximum absolute atomic E-state index is 13.9. The molecule has 1 aromatic carbocycles. The number of rotatable bonds is 5. The largest absolute Gasteiger partial charge is 0.494 e. The van der Waals surface area contributed by atoms with Gasteiger partial charge in [0.1, 0.15) is 17.5 Å².